The molecule has 0 aromatic carbocycles. The van der Waals surface area contributed by atoms with Crippen LogP contribution >= 0.6 is 24.8 Å². The number of nitrogens with zero attached hydrogens (tertiary/aromatic N) is 2. The Morgan fingerprint density at radius 1 is 1.33 bits per heavy atom. The van der Waals surface area contributed by atoms with Gasteiger partial charge in [0.1, 0.15) is 5.69 Å². The summed E-state index contributed by atoms with van der Waals surface area (Å²) in [5.41, 5.74) is 6.53. The first-order valence-electron chi connectivity index (χ1n) is 6.90. The molecule has 21 heavy (non-hydrogen) atoms. The van der Waals surface area contributed by atoms with Crippen LogP contribution < -0.4 is 11.1 Å². The summed E-state index contributed by atoms with van der Waals surface area (Å²) in [6.45, 7) is 5.21. The van der Waals surface area contributed by atoms with Crippen molar-refractivity contribution in [1.29, 1.82) is 0 Å². The van der Waals surface area contributed by atoms with Crippen molar-refractivity contribution in [3.63, 3.8) is 0 Å². The molecule has 1 aliphatic rings. The number of nitrogens with one attached hydrogen (secondary N) is 1. The number of aromatic nitrogens is 1. The molecule has 1 fully saturated rings. The number of nitrogen functional groups attached to an aromatic ring is 1. The average molecular weight is 335 g/mol. The third-order valence-electron chi connectivity index (χ3n) is 3.38. The lowest BCUT2D eigenvalue weighted by Crippen LogP contribution is -2.43. The number of halogens is 2. The third-order valence-corrected chi connectivity index (χ3v) is 3.38. The van der Waals surface area contributed by atoms with Crippen LogP contribution in [0.3, 0.4) is 0 Å². The number of pyridine rings is 1. The highest BCUT2D eigenvalue weighted by Gasteiger charge is 2.16. The molecule has 0 saturated carbocycles. The van der Waals surface area contributed by atoms with Crippen molar-refractivity contribution in [1.82, 2.24) is 15.2 Å². The summed E-state index contributed by atoms with van der Waals surface area (Å²) >= 11 is 0. The Morgan fingerprint density at radius 2 is 2.00 bits per heavy atom. The molecule has 2 heterocycles. The molecule has 1 atom stereocenters. The second-order valence-corrected chi connectivity index (χ2v) is 5.21. The first kappa shape index (κ1) is 20.0. The number of rotatable bonds is 4. The van der Waals surface area contributed by atoms with Crippen molar-refractivity contribution in [2.24, 2.45) is 0 Å². The number of anilines is 1. The minimum absolute atomic E-state index is 0. The number of carbonyl (C=O) groups excluding carboxylic acids is 1. The van der Waals surface area contributed by atoms with Gasteiger partial charge in [-0.15, -0.1) is 24.8 Å². The Labute approximate surface area is 138 Å². The zero-order chi connectivity index (χ0) is 13.7. The highest BCUT2D eigenvalue weighted by Crippen LogP contribution is 2.09. The topological polar surface area (TPSA) is 71.2 Å². The van der Waals surface area contributed by atoms with Crippen molar-refractivity contribution in [2.75, 3.05) is 25.4 Å². The SMILES string of the molecule is CC(CN1CCCCC1)NC(=O)c1ccc(N)cn1.Cl.Cl. The van der Waals surface area contributed by atoms with E-state index in [0.29, 0.717) is 11.4 Å². The Bertz CT molecular complexity index is 421. The van der Waals surface area contributed by atoms with Crippen molar-refractivity contribution in [3.05, 3.63) is 24.0 Å². The predicted octanol–water partition coefficient (Wildman–Crippen LogP) is 2.11. The number of carbonyl (C=O) groups is 1. The van der Waals surface area contributed by atoms with Gasteiger partial charge in [-0.3, -0.25) is 4.79 Å². The maximum atomic E-state index is 12.0. The monoisotopic (exact) mass is 334 g/mol. The van der Waals surface area contributed by atoms with Gasteiger partial charge in [-0.05, 0) is 45.0 Å². The minimum Gasteiger partial charge on any atom is -0.397 e. The van der Waals surface area contributed by atoms with Gasteiger partial charge in [-0.2, -0.15) is 0 Å². The van der Waals surface area contributed by atoms with Gasteiger partial charge in [0, 0.05) is 12.6 Å². The summed E-state index contributed by atoms with van der Waals surface area (Å²) in [4.78, 5) is 18.4. The summed E-state index contributed by atoms with van der Waals surface area (Å²) in [6.07, 6.45) is 5.36. The molecular weight excluding hydrogens is 311 g/mol. The lowest BCUT2D eigenvalue weighted by molar-refractivity contribution is 0.0920. The molecule has 1 aliphatic heterocycles. The molecule has 120 valence electrons. The van der Waals surface area contributed by atoms with Crippen molar-refractivity contribution in [3.8, 4) is 0 Å². The molecule has 1 unspecified atom stereocenters. The van der Waals surface area contributed by atoms with Crippen LogP contribution in [0, 0.1) is 0 Å². The minimum atomic E-state index is -0.135. The van der Waals surface area contributed by atoms with Crippen LogP contribution in [-0.2, 0) is 0 Å². The zero-order valence-electron chi connectivity index (χ0n) is 12.2. The lowest BCUT2D eigenvalue weighted by Gasteiger charge is -2.29. The highest BCUT2D eigenvalue weighted by molar-refractivity contribution is 5.92. The molecule has 0 bridgehead atoms. The normalized spacial score (nSPS) is 16.2. The number of hydrogen-bond acceptors (Lipinski definition) is 4. The Hall–Kier alpha value is -1.04. The molecule has 3 N–H and O–H groups in total. The molecule has 1 aromatic rings. The fourth-order valence-electron chi connectivity index (χ4n) is 2.41. The van der Waals surface area contributed by atoms with E-state index in [-0.39, 0.29) is 36.8 Å². The number of amides is 1. The fraction of sp³-hybridized carbons (Fsp3) is 0.571. The standard InChI is InChI=1S/C14H22N4O.2ClH/c1-11(10-18-7-3-2-4-8-18)17-14(19)13-6-5-12(15)9-16-13;;/h5-6,9,11H,2-4,7-8,10,15H2,1H3,(H,17,19);2*1H. The van der Waals surface area contributed by atoms with Crippen LogP contribution in [0.25, 0.3) is 0 Å². The van der Waals surface area contributed by atoms with Gasteiger partial charge in [-0.1, -0.05) is 6.42 Å². The zero-order valence-corrected chi connectivity index (χ0v) is 13.9. The number of hydrogen-bond donors (Lipinski definition) is 2. The molecular formula is C14H24Cl2N4O. The molecule has 7 heteroatoms. The molecule has 5 nitrogen and oxygen atoms in total. The maximum absolute atomic E-state index is 12.0. The van der Waals surface area contributed by atoms with Crippen LogP contribution in [-0.4, -0.2) is 41.5 Å². The van der Waals surface area contributed by atoms with E-state index in [2.05, 4.69) is 15.2 Å². The first-order chi connectivity index (χ1) is 9.15. The van der Waals surface area contributed by atoms with E-state index < -0.39 is 0 Å². The molecule has 0 radical (unpaired) electrons. The molecule has 0 spiro atoms. The molecule has 1 amide bonds. The largest absolute Gasteiger partial charge is 0.397 e. The fourth-order valence-corrected chi connectivity index (χ4v) is 2.41. The van der Waals surface area contributed by atoms with Gasteiger partial charge >= 0.3 is 0 Å². The summed E-state index contributed by atoms with van der Waals surface area (Å²) in [6, 6.07) is 3.47. The van der Waals surface area contributed by atoms with Crippen LogP contribution in [0.2, 0.25) is 0 Å². The molecule has 2 rings (SSSR count). The number of nitrogens with two attached hydrogens (primary N) is 1. The van der Waals surface area contributed by atoms with Crippen molar-refractivity contribution in [2.45, 2.75) is 32.2 Å². The van der Waals surface area contributed by atoms with E-state index in [0.717, 1.165) is 19.6 Å². The Kier molecular flexibility index (Phi) is 9.33. The van der Waals surface area contributed by atoms with Gasteiger partial charge in [0.05, 0.1) is 11.9 Å². The summed E-state index contributed by atoms with van der Waals surface area (Å²) in [7, 11) is 0. The van der Waals surface area contributed by atoms with Crippen molar-refractivity contribution >= 4 is 36.4 Å². The highest BCUT2D eigenvalue weighted by atomic mass is 35.5. The second kappa shape index (κ2) is 9.82. The number of piperidine rings is 1. The quantitative estimate of drug-likeness (QED) is 0.884. The van der Waals surface area contributed by atoms with Gasteiger partial charge in [-0.25, -0.2) is 4.98 Å². The smallest absolute Gasteiger partial charge is 0.270 e. The van der Waals surface area contributed by atoms with Crippen LogP contribution in [0.5, 0.6) is 0 Å². The van der Waals surface area contributed by atoms with E-state index in [1.54, 1.807) is 12.1 Å². The second-order valence-electron chi connectivity index (χ2n) is 5.21. The summed E-state index contributed by atoms with van der Waals surface area (Å²) in [5.74, 6) is -0.135. The van der Waals surface area contributed by atoms with Crippen molar-refractivity contribution < 1.29 is 4.79 Å². The van der Waals surface area contributed by atoms with E-state index in [9.17, 15) is 4.79 Å². The lowest BCUT2D eigenvalue weighted by atomic mass is 10.1. The Morgan fingerprint density at radius 3 is 2.57 bits per heavy atom. The summed E-state index contributed by atoms with van der Waals surface area (Å²) in [5, 5.41) is 2.98. The number of likely N-dealkylation sites (tertiary alicyclic amines) is 1. The maximum Gasteiger partial charge on any atom is 0.270 e. The van der Waals surface area contributed by atoms with Crippen LogP contribution in [0.4, 0.5) is 5.69 Å². The van der Waals surface area contributed by atoms with E-state index in [1.807, 2.05) is 6.92 Å². The molecule has 1 aromatic heterocycles. The third kappa shape index (κ3) is 6.50. The predicted molar refractivity (Wildman–Crippen MR) is 90.4 cm³/mol. The van der Waals surface area contributed by atoms with Gasteiger partial charge in [0.25, 0.3) is 5.91 Å². The van der Waals surface area contributed by atoms with E-state index in [4.69, 9.17) is 5.73 Å². The van der Waals surface area contributed by atoms with Crippen LogP contribution in [0.15, 0.2) is 18.3 Å². The molecule has 0 aliphatic carbocycles. The average Bonchev–Trinajstić information content (AvgIpc) is 2.40. The Balaban J connectivity index is 0.00000200. The summed E-state index contributed by atoms with van der Waals surface area (Å²) < 4.78 is 0. The van der Waals surface area contributed by atoms with E-state index >= 15 is 0 Å². The van der Waals surface area contributed by atoms with Crippen LogP contribution in [0.1, 0.15) is 36.7 Å². The van der Waals surface area contributed by atoms with Gasteiger partial charge < -0.3 is 16.0 Å². The van der Waals surface area contributed by atoms with Gasteiger partial charge in [0.15, 0.2) is 0 Å². The first-order valence-corrected chi connectivity index (χ1v) is 6.90. The van der Waals surface area contributed by atoms with Gasteiger partial charge in [0.2, 0.25) is 0 Å². The molecule has 1 saturated heterocycles. The van der Waals surface area contributed by atoms with E-state index in [1.165, 1.54) is 25.5 Å².